The number of nitrogens with zero attached hydrogens (tertiary/aromatic N) is 2. The normalized spacial score (nSPS) is 18.1. The summed E-state index contributed by atoms with van der Waals surface area (Å²) in [5.74, 6) is 2.09. The van der Waals surface area contributed by atoms with Gasteiger partial charge in [-0.15, -0.1) is 0 Å². The van der Waals surface area contributed by atoms with Gasteiger partial charge in [-0.1, -0.05) is 11.6 Å². The number of aliphatic imine (C=N–C) groups is 1. The van der Waals surface area contributed by atoms with Crippen LogP contribution in [0.5, 0.6) is 11.5 Å². The van der Waals surface area contributed by atoms with E-state index >= 15 is 0 Å². The van der Waals surface area contributed by atoms with Gasteiger partial charge >= 0.3 is 0 Å². The molecule has 8 heteroatoms. The molecule has 0 bridgehead atoms. The van der Waals surface area contributed by atoms with Crippen LogP contribution in [0, 0.1) is 0 Å². The van der Waals surface area contributed by atoms with Crippen molar-refractivity contribution in [2.75, 3.05) is 59.7 Å². The number of hydrogen-bond acceptors (Lipinski definition) is 5. The van der Waals surface area contributed by atoms with Gasteiger partial charge in [0, 0.05) is 39.8 Å². The van der Waals surface area contributed by atoms with Gasteiger partial charge in [0.25, 0.3) is 0 Å². The molecule has 1 fully saturated rings. The summed E-state index contributed by atoms with van der Waals surface area (Å²) >= 11 is 6.27. The molecule has 2 N–H and O–H groups in total. The molecule has 0 unspecified atom stereocenters. The Hall–Kier alpha value is -1.70. The van der Waals surface area contributed by atoms with E-state index < -0.39 is 0 Å². The van der Waals surface area contributed by atoms with E-state index in [2.05, 4.69) is 20.5 Å². The Morgan fingerprint density at radius 3 is 2.76 bits per heavy atom. The maximum absolute atomic E-state index is 6.27. The van der Waals surface area contributed by atoms with Gasteiger partial charge in [-0.05, 0) is 17.7 Å². The Morgan fingerprint density at radius 2 is 1.96 bits per heavy atom. The predicted octanol–water partition coefficient (Wildman–Crippen LogP) is 1.11. The second kappa shape index (κ2) is 9.12. The lowest BCUT2D eigenvalue weighted by Crippen LogP contribution is -2.44. The van der Waals surface area contributed by atoms with Crippen molar-refractivity contribution in [2.45, 2.75) is 6.54 Å². The van der Waals surface area contributed by atoms with E-state index in [0.717, 1.165) is 50.9 Å². The van der Waals surface area contributed by atoms with E-state index in [1.54, 1.807) is 7.05 Å². The molecule has 25 heavy (non-hydrogen) atoms. The molecule has 1 aromatic carbocycles. The van der Waals surface area contributed by atoms with E-state index in [0.29, 0.717) is 36.3 Å². The molecule has 3 rings (SSSR count). The molecule has 0 aliphatic carbocycles. The zero-order chi connectivity index (χ0) is 17.5. The van der Waals surface area contributed by atoms with Gasteiger partial charge in [0.15, 0.2) is 17.5 Å². The molecule has 0 amide bonds. The highest BCUT2D eigenvalue weighted by Gasteiger charge is 2.16. The third-order valence-electron chi connectivity index (χ3n) is 4.16. The molecule has 0 spiro atoms. The zero-order valence-electron chi connectivity index (χ0n) is 14.5. The maximum Gasteiger partial charge on any atom is 0.191 e. The highest BCUT2D eigenvalue weighted by Crippen LogP contribution is 2.38. The molecule has 7 nitrogen and oxygen atoms in total. The average molecular weight is 369 g/mol. The van der Waals surface area contributed by atoms with Crippen molar-refractivity contribution in [1.29, 1.82) is 0 Å². The van der Waals surface area contributed by atoms with Gasteiger partial charge in [-0.3, -0.25) is 9.89 Å². The fraction of sp³-hybridized carbons (Fsp3) is 0.588. The van der Waals surface area contributed by atoms with Gasteiger partial charge in [0.1, 0.15) is 13.2 Å². The molecule has 0 aromatic heterocycles. The van der Waals surface area contributed by atoms with Gasteiger partial charge < -0.3 is 24.8 Å². The molecule has 0 radical (unpaired) electrons. The quantitative estimate of drug-likeness (QED) is 0.599. The fourth-order valence-corrected chi connectivity index (χ4v) is 3.12. The van der Waals surface area contributed by atoms with Gasteiger partial charge in [-0.25, -0.2) is 0 Å². The average Bonchev–Trinajstić information content (AvgIpc) is 2.65. The lowest BCUT2D eigenvalue weighted by atomic mass is 10.2. The van der Waals surface area contributed by atoms with Crippen LogP contribution in [0.4, 0.5) is 0 Å². The van der Waals surface area contributed by atoms with Crippen molar-refractivity contribution in [3.05, 3.63) is 22.7 Å². The van der Waals surface area contributed by atoms with Crippen LogP contribution in [-0.2, 0) is 11.3 Å². The second-order valence-electron chi connectivity index (χ2n) is 5.91. The summed E-state index contributed by atoms with van der Waals surface area (Å²) in [6, 6.07) is 3.84. The molecule has 1 aromatic rings. The smallest absolute Gasteiger partial charge is 0.191 e. The molecule has 0 atom stereocenters. The Kier molecular flexibility index (Phi) is 6.61. The lowest BCUT2D eigenvalue weighted by Gasteiger charge is -2.26. The third-order valence-corrected chi connectivity index (χ3v) is 4.45. The first-order chi connectivity index (χ1) is 12.3. The predicted molar refractivity (Wildman–Crippen MR) is 97.9 cm³/mol. The van der Waals surface area contributed by atoms with Crippen LogP contribution in [0.25, 0.3) is 0 Å². The number of ether oxygens (including phenoxy) is 3. The van der Waals surface area contributed by atoms with Crippen molar-refractivity contribution in [2.24, 2.45) is 4.99 Å². The first-order valence-electron chi connectivity index (χ1n) is 8.59. The van der Waals surface area contributed by atoms with E-state index in [4.69, 9.17) is 25.8 Å². The molecule has 0 saturated carbocycles. The Morgan fingerprint density at radius 1 is 1.16 bits per heavy atom. The van der Waals surface area contributed by atoms with Gasteiger partial charge in [-0.2, -0.15) is 0 Å². The minimum Gasteiger partial charge on any atom is -0.486 e. The van der Waals surface area contributed by atoms with Crippen molar-refractivity contribution in [3.8, 4) is 11.5 Å². The zero-order valence-corrected chi connectivity index (χ0v) is 15.3. The van der Waals surface area contributed by atoms with E-state index in [1.165, 1.54) is 0 Å². The minimum absolute atomic E-state index is 0.532. The fourth-order valence-electron chi connectivity index (χ4n) is 2.83. The number of benzene rings is 1. The number of halogens is 1. The summed E-state index contributed by atoms with van der Waals surface area (Å²) in [6.07, 6.45) is 0. The summed E-state index contributed by atoms with van der Waals surface area (Å²) in [5.41, 5.74) is 1.02. The summed E-state index contributed by atoms with van der Waals surface area (Å²) in [5, 5.41) is 7.20. The third kappa shape index (κ3) is 5.14. The van der Waals surface area contributed by atoms with Crippen LogP contribution in [-0.4, -0.2) is 70.5 Å². The molecule has 1 saturated heterocycles. The van der Waals surface area contributed by atoms with Crippen molar-refractivity contribution in [1.82, 2.24) is 15.5 Å². The second-order valence-corrected chi connectivity index (χ2v) is 6.32. The first kappa shape index (κ1) is 18.1. The summed E-state index contributed by atoms with van der Waals surface area (Å²) in [7, 11) is 1.76. The number of hydrogen-bond donors (Lipinski definition) is 2. The van der Waals surface area contributed by atoms with E-state index in [-0.39, 0.29) is 0 Å². The Bertz CT molecular complexity index is 606. The minimum atomic E-state index is 0.532. The lowest BCUT2D eigenvalue weighted by molar-refractivity contribution is 0.0389. The number of rotatable bonds is 5. The van der Waals surface area contributed by atoms with Crippen molar-refractivity contribution < 1.29 is 14.2 Å². The van der Waals surface area contributed by atoms with Gasteiger partial charge in [0.2, 0.25) is 0 Å². The standard InChI is InChI=1S/C17H25ClN4O3/c1-19-17(20-2-3-22-4-6-23-7-5-22)21-12-13-10-14(18)16-15(11-13)24-8-9-25-16/h10-11H,2-9,12H2,1H3,(H2,19,20,21). The molecule has 2 heterocycles. The summed E-state index contributed by atoms with van der Waals surface area (Å²) < 4.78 is 16.5. The number of fused-ring (bicyclic) bond motifs is 1. The highest BCUT2D eigenvalue weighted by atomic mass is 35.5. The molecule has 138 valence electrons. The number of morpholine rings is 1. The molecule has 2 aliphatic rings. The van der Waals surface area contributed by atoms with Crippen molar-refractivity contribution >= 4 is 17.6 Å². The van der Waals surface area contributed by atoms with Crippen LogP contribution in [0.3, 0.4) is 0 Å². The first-order valence-corrected chi connectivity index (χ1v) is 8.96. The molecular weight excluding hydrogens is 344 g/mol. The van der Waals surface area contributed by atoms with E-state index in [1.807, 2.05) is 12.1 Å². The van der Waals surface area contributed by atoms with Crippen LogP contribution in [0.15, 0.2) is 17.1 Å². The molecule has 2 aliphatic heterocycles. The van der Waals surface area contributed by atoms with Crippen LogP contribution in [0.2, 0.25) is 5.02 Å². The number of nitrogens with one attached hydrogen (secondary N) is 2. The largest absolute Gasteiger partial charge is 0.486 e. The molecular formula is C17H25ClN4O3. The van der Waals surface area contributed by atoms with E-state index in [9.17, 15) is 0 Å². The maximum atomic E-state index is 6.27. The van der Waals surface area contributed by atoms with Crippen LogP contribution < -0.4 is 20.1 Å². The SMILES string of the molecule is CN=C(NCCN1CCOCC1)NCc1cc(Cl)c2c(c1)OCCO2. The highest BCUT2D eigenvalue weighted by molar-refractivity contribution is 6.32. The van der Waals surface area contributed by atoms with Crippen LogP contribution in [0.1, 0.15) is 5.56 Å². The monoisotopic (exact) mass is 368 g/mol. The summed E-state index contributed by atoms with van der Waals surface area (Å²) in [6.45, 7) is 7.10. The van der Waals surface area contributed by atoms with Crippen molar-refractivity contribution in [3.63, 3.8) is 0 Å². The summed E-state index contributed by atoms with van der Waals surface area (Å²) in [4.78, 5) is 6.64. The Labute approximate surface area is 153 Å². The van der Waals surface area contributed by atoms with Crippen LogP contribution >= 0.6 is 11.6 Å². The topological polar surface area (TPSA) is 67.4 Å². The Balaban J connectivity index is 1.47. The number of guanidine groups is 1. The van der Waals surface area contributed by atoms with Gasteiger partial charge in [0.05, 0.1) is 18.2 Å².